The molecule has 6 nitrogen and oxygen atoms in total. The van der Waals surface area contributed by atoms with Crippen molar-refractivity contribution >= 4 is 34.3 Å². The van der Waals surface area contributed by atoms with Crippen LogP contribution in [0.5, 0.6) is 5.75 Å². The van der Waals surface area contributed by atoms with Crippen molar-refractivity contribution in [1.29, 1.82) is 5.26 Å². The summed E-state index contributed by atoms with van der Waals surface area (Å²) in [5.74, 6) is -1.11. The van der Waals surface area contributed by atoms with Crippen molar-refractivity contribution in [1.82, 2.24) is 0 Å². The van der Waals surface area contributed by atoms with Crippen LogP contribution in [0.3, 0.4) is 0 Å². The number of esters is 1. The van der Waals surface area contributed by atoms with Crippen LogP contribution in [-0.2, 0) is 22.4 Å². The Balaban J connectivity index is 1.93. The van der Waals surface area contributed by atoms with Crippen molar-refractivity contribution in [2.45, 2.75) is 32.6 Å². The lowest BCUT2D eigenvalue weighted by molar-refractivity contribution is -0.112. The average molecular weight is 396 g/mol. The van der Waals surface area contributed by atoms with E-state index in [1.165, 1.54) is 23.5 Å². The minimum absolute atomic E-state index is 0.0261. The molecule has 2 aromatic rings. The number of anilines is 1. The second-order valence-corrected chi connectivity index (χ2v) is 7.42. The molecule has 28 heavy (non-hydrogen) atoms. The zero-order valence-corrected chi connectivity index (χ0v) is 16.3. The maximum absolute atomic E-state index is 12.7. The summed E-state index contributed by atoms with van der Waals surface area (Å²) in [6.07, 6.45) is 4.98. The van der Waals surface area contributed by atoms with Crippen LogP contribution in [0.1, 0.15) is 46.1 Å². The van der Waals surface area contributed by atoms with Gasteiger partial charge in [0.15, 0.2) is 0 Å². The zero-order chi connectivity index (χ0) is 20.1. The van der Waals surface area contributed by atoms with Gasteiger partial charge in [-0.05, 0) is 50.3 Å². The van der Waals surface area contributed by atoms with Gasteiger partial charge in [0.2, 0.25) is 0 Å². The van der Waals surface area contributed by atoms with E-state index >= 15 is 0 Å². The van der Waals surface area contributed by atoms with Gasteiger partial charge in [-0.15, -0.1) is 11.3 Å². The molecule has 1 amide bonds. The van der Waals surface area contributed by atoms with Crippen LogP contribution in [-0.4, -0.2) is 23.6 Å². The van der Waals surface area contributed by atoms with Crippen LogP contribution in [0.25, 0.3) is 6.08 Å². The van der Waals surface area contributed by atoms with E-state index < -0.39 is 11.9 Å². The number of hydrogen-bond acceptors (Lipinski definition) is 6. The van der Waals surface area contributed by atoms with Crippen LogP contribution in [0.4, 0.5) is 5.00 Å². The number of amides is 1. The number of aryl methyl sites for hydroxylation is 1. The molecule has 3 rings (SSSR count). The summed E-state index contributed by atoms with van der Waals surface area (Å²) in [6.45, 7) is 1.98. The van der Waals surface area contributed by atoms with Gasteiger partial charge in [-0.2, -0.15) is 5.26 Å². The molecule has 7 heteroatoms. The van der Waals surface area contributed by atoms with Crippen LogP contribution in [0.2, 0.25) is 0 Å². The van der Waals surface area contributed by atoms with E-state index in [1.807, 2.05) is 6.07 Å². The van der Waals surface area contributed by atoms with E-state index in [0.717, 1.165) is 36.1 Å². The molecular formula is C21H20N2O4S. The Morgan fingerprint density at radius 1 is 1.32 bits per heavy atom. The van der Waals surface area contributed by atoms with Gasteiger partial charge >= 0.3 is 5.97 Å². The first-order chi connectivity index (χ1) is 13.5. The van der Waals surface area contributed by atoms with Gasteiger partial charge in [0, 0.05) is 10.4 Å². The number of fused-ring (bicyclic) bond motifs is 1. The van der Waals surface area contributed by atoms with Crippen molar-refractivity contribution < 1.29 is 19.4 Å². The van der Waals surface area contributed by atoms with E-state index in [9.17, 15) is 20.0 Å². The highest BCUT2D eigenvalue weighted by atomic mass is 32.1. The molecule has 0 bridgehead atoms. The number of benzene rings is 1. The SMILES string of the molecule is CCOC(=O)c1c(NC(=O)C(C#N)=Cc2ccccc2O)sc2c1CCCC2. The number of nitriles is 1. The quantitative estimate of drug-likeness (QED) is 0.451. The molecular weight excluding hydrogens is 376 g/mol. The second kappa shape index (κ2) is 8.72. The van der Waals surface area contributed by atoms with Gasteiger partial charge < -0.3 is 15.2 Å². The monoisotopic (exact) mass is 396 g/mol. The number of nitrogens with one attached hydrogen (secondary N) is 1. The molecule has 0 atom stereocenters. The number of ether oxygens (including phenoxy) is 1. The van der Waals surface area contributed by atoms with Gasteiger partial charge in [-0.25, -0.2) is 4.79 Å². The first kappa shape index (κ1) is 19.6. The number of nitrogens with zero attached hydrogens (tertiary/aromatic N) is 1. The molecule has 1 aromatic heterocycles. The Morgan fingerprint density at radius 2 is 2.07 bits per heavy atom. The number of carbonyl (C=O) groups excluding carboxylic acids is 2. The van der Waals surface area contributed by atoms with Crippen molar-refractivity contribution in [2.24, 2.45) is 0 Å². The molecule has 1 aliphatic rings. The molecule has 0 saturated carbocycles. The van der Waals surface area contributed by atoms with Crippen molar-refractivity contribution in [3.63, 3.8) is 0 Å². The topological polar surface area (TPSA) is 99.4 Å². The van der Waals surface area contributed by atoms with Gasteiger partial charge in [-0.1, -0.05) is 18.2 Å². The number of aromatic hydroxyl groups is 1. The van der Waals surface area contributed by atoms with E-state index in [4.69, 9.17) is 4.74 Å². The molecule has 2 N–H and O–H groups in total. The smallest absolute Gasteiger partial charge is 0.341 e. The molecule has 0 unspecified atom stereocenters. The fourth-order valence-corrected chi connectivity index (χ4v) is 4.43. The number of para-hydroxylation sites is 1. The average Bonchev–Trinajstić information content (AvgIpc) is 3.05. The highest BCUT2D eigenvalue weighted by Gasteiger charge is 2.27. The number of carbonyl (C=O) groups is 2. The molecule has 0 fully saturated rings. The largest absolute Gasteiger partial charge is 0.507 e. The molecule has 1 heterocycles. The fraction of sp³-hybridized carbons (Fsp3) is 0.286. The zero-order valence-electron chi connectivity index (χ0n) is 15.4. The van der Waals surface area contributed by atoms with Crippen LogP contribution < -0.4 is 5.32 Å². The standard InChI is InChI=1S/C21H20N2O4S/c1-2-27-21(26)18-15-8-4-6-10-17(15)28-20(18)23-19(25)14(12-22)11-13-7-3-5-9-16(13)24/h3,5,7,9,11,24H,2,4,6,8,10H2,1H3,(H,23,25). The van der Waals surface area contributed by atoms with E-state index in [1.54, 1.807) is 25.1 Å². The summed E-state index contributed by atoms with van der Waals surface area (Å²) in [5, 5.41) is 22.4. The Morgan fingerprint density at radius 3 is 2.79 bits per heavy atom. The molecule has 0 radical (unpaired) electrons. The lowest BCUT2D eigenvalue weighted by atomic mass is 9.95. The third kappa shape index (κ3) is 4.07. The highest BCUT2D eigenvalue weighted by Crippen LogP contribution is 2.38. The van der Waals surface area contributed by atoms with E-state index in [2.05, 4.69) is 5.32 Å². The Bertz CT molecular complexity index is 985. The lowest BCUT2D eigenvalue weighted by Crippen LogP contribution is -2.16. The molecule has 144 valence electrons. The summed E-state index contributed by atoms with van der Waals surface area (Å²) < 4.78 is 5.18. The van der Waals surface area contributed by atoms with Gasteiger partial charge in [0.25, 0.3) is 5.91 Å². The number of hydrogen-bond donors (Lipinski definition) is 2. The predicted octanol–water partition coefficient (Wildman–Crippen LogP) is 4.05. The summed E-state index contributed by atoms with van der Waals surface area (Å²) in [6, 6.07) is 8.29. The lowest BCUT2D eigenvalue weighted by Gasteiger charge is -2.12. The highest BCUT2D eigenvalue weighted by molar-refractivity contribution is 7.17. The summed E-state index contributed by atoms with van der Waals surface area (Å²) in [5.41, 5.74) is 1.54. The Hall–Kier alpha value is -3.11. The fourth-order valence-electron chi connectivity index (χ4n) is 3.16. The Kier molecular flexibility index (Phi) is 6.12. The number of thiophene rings is 1. The molecule has 0 aliphatic heterocycles. The summed E-state index contributed by atoms with van der Waals surface area (Å²) in [4.78, 5) is 26.2. The van der Waals surface area contributed by atoms with Gasteiger partial charge in [-0.3, -0.25) is 4.79 Å². The Labute approximate surface area is 167 Å². The summed E-state index contributed by atoms with van der Waals surface area (Å²) >= 11 is 1.36. The minimum Gasteiger partial charge on any atom is -0.507 e. The number of phenols is 1. The van der Waals surface area contributed by atoms with Crippen LogP contribution in [0.15, 0.2) is 29.8 Å². The molecule has 1 aliphatic carbocycles. The molecule has 0 spiro atoms. The van der Waals surface area contributed by atoms with Crippen molar-refractivity contribution in [3.05, 3.63) is 51.4 Å². The third-order valence-electron chi connectivity index (χ3n) is 4.48. The normalized spacial score (nSPS) is 13.4. The maximum atomic E-state index is 12.7. The third-order valence-corrected chi connectivity index (χ3v) is 5.69. The van der Waals surface area contributed by atoms with Gasteiger partial charge in [0.05, 0.1) is 12.2 Å². The number of rotatable bonds is 5. The van der Waals surface area contributed by atoms with Gasteiger partial charge in [0.1, 0.15) is 22.4 Å². The first-order valence-electron chi connectivity index (χ1n) is 9.08. The van der Waals surface area contributed by atoms with Crippen LogP contribution >= 0.6 is 11.3 Å². The summed E-state index contributed by atoms with van der Waals surface area (Å²) in [7, 11) is 0. The van der Waals surface area contributed by atoms with Crippen LogP contribution in [0, 0.1) is 11.3 Å². The van der Waals surface area contributed by atoms with Crippen molar-refractivity contribution in [3.8, 4) is 11.8 Å². The predicted molar refractivity (Wildman–Crippen MR) is 107 cm³/mol. The molecule has 0 saturated heterocycles. The first-order valence-corrected chi connectivity index (χ1v) is 9.89. The van der Waals surface area contributed by atoms with Crippen molar-refractivity contribution in [2.75, 3.05) is 11.9 Å². The maximum Gasteiger partial charge on any atom is 0.341 e. The number of phenolic OH excluding ortho intramolecular Hbond substituents is 1. The van der Waals surface area contributed by atoms with E-state index in [-0.39, 0.29) is 17.9 Å². The molecule has 1 aromatic carbocycles. The second-order valence-electron chi connectivity index (χ2n) is 6.32. The minimum atomic E-state index is -0.630. The van der Waals surface area contributed by atoms with E-state index in [0.29, 0.717) is 16.1 Å².